The van der Waals surface area contributed by atoms with Gasteiger partial charge in [0.25, 0.3) is 0 Å². The van der Waals surface area contributed by atoms with Crippen LogP contribution in [0.4, 0.5) is 0 Å². The van der Waals surface area contributed by atoms with Gasteiger partial charge in [-0.1, -0.05) is 6.92 Å². The molecule has 23 heavy (non-hydrogen) atoms. The summed E-state index contributed by atoms with van der Waals surface area (Å²) in [5.74, 6) is -0.353. The summed E-state index contributed by atoms with van der Waals surface area (Å²) in [6.45, 7) is 8.34. The Bertz CT molecular complexity index is 718. The molecule has 0 radical (unpaired) electrons. The fraction of sp³-hybridized carbons (Fsp3) is 0.444. The summed E-state index contributed by atoms with van der Waals surface area (Å²) in [5.41, 5.74) is 3.93. The van der Waals surface area contributed by atoms with E-state index in [2.05, 4.69) is 10.6 Å². The predicted octanol–water partition coefficient (Wildman–Crippen LogP) is 2.62. The molecule has 1 aromatic heterocycles. The van der Waals surface area contributed by atoms with Gasteiger partial charge in [-0.15, -0.1) is 0 Å². The molecule has 2 N–H and O–H groups in total. The topological polar surface area (TPSA) is 71.3 Å². The molecule has 2 rings (SSSR count). The van der Waals surface area contributed by atoms with Gasteiger partial charge in [-0.25, -0.2) is 0 Å². The number of aryl methyl sites for hydroxylation is 2. The number of amides is 2. The third-order valence-electron chi connectivity index (χ3n) is 3.94. The molecule has 1 atom stereocenters. The van der Waals surface area contributed by atoms with E-state index in [4.69, 9.17) is 4.42 Å². The lowest BCUT2D eigenvalue weighted by atomic mass is 10.0. The quantitative estimate of drug-likeness (QED) is 0.860. The van der Waals surface area contributed by atoms with Crippen LogP contribution in [-0.4, -0.2) is 24.4 Å². The van der Waals surface area contributed by atoms with E-state index in [0.29, 0.717) is 6.54 Å². The van der Waals surface area contributed by atoms with Crippen LogP contribution in [0, 0.1) is 13.8 Å². The number of carbonyl (C=O) groups is 2. The molecule has 0 fully saturated rings. The van der Waals surface area contributed by atoms with Gasteiger partial charge in [0.15, 0.2) is 0 Å². The van der Waals surface area contributed by atoms with E-state index in [1.807, 2.05) is 32.9 Å². The third kappa shape index (κ3) is 4.12. The fourth-order valence-corrected chi connectivity index (χ4v) is 2.41. The Morgan fingerprint density at radius 3 is 2.61 bits per heavy atom. The normalized spacial score (nSPS) is 12.2. The van der Waals surface area contributed by atoms with Crippen LogP contribution in [0.5, 0.6) is 0 Å². The zero-order valence-electron chi connectivity index (χ0n) is 14.2. The Morgan fingerprint density at radius 2 is 1.91 bits per heavy atom. The molecule has 0 saturated heterocycles. The number of nitrogens with one attached hydrogen (secondary N) is 2. The molecule has 0 spiro atoms. The largest absolute Gasteiger partial charge is 0.464 e. The van der Waals surface area contributed by atoms with Gasteiger partial charge in [-0.05, 0) is 50.5 Å². The van der Waals surface area contributed by atoms with Gasteiger partial charge in [0, 0.05) is 17.5 Å². The molecule has 1 unspecified atom stereocenters. The molecular formula is C18H24N2O3. The number of carbonyl (C=O) groups excluding carboxylic acids is 2. The van der Waals surface area contributed by atoms with E-state index in [-0.39, 0.29) is 18.2 Å². The van der Waals surface area contributed by atoms with Crippen molar-refractivity contribution in [3.63, 3.8) is 0 Å². The molecule has 5 nitrogen and oxygen atoms in total. The van der Waals surface area contributed by atoms with Crippen molar-refractivity contribution < 1.29 is 14.0 Å². The highest BCUT2D eigenvalue weighted by Crippen LogP contribution is 2.25. The molecular weight excluding hydrogens is 292 g/mol. The Labute approximate surface area is 136 Å². The minimum absolute atomic E-state index is 0.163. The zero-order valence-corrected chi connectivity index (χ0v) is 14.2. The molecule has 1 aromatic carbocycles. The minimum Gasteiger partial charge on any atom is -0.464 e. The zero-order chi connectivity index (χ0) is 17.0. The van der Waals surface area contributed by atoms with Crippen LogP contribution >= 0.6 is 0 Å². The first kappa shape index (κ1) is 17.1. The SMILES string of the molecule is CCCNC(=O)C(C)NC(=O)Cc1coc2cc(C)c(C)cc12. The molecule has 2 aromatic rings. The van der Waals surface area contributed by atoms with Crippen LogP contribution < -0.4 is 10.6 Å². The van der Waals surface area contributed by atoms with E-state index in [1.165, 1.54) is 0 Å². The summed E-state index contributed by atoms with van der Waals surface area (Å²) in [6.07, 6.45) is 2.68. The first-order valence-corrected chi connectivity index (χ1v) is 7.96. The van der Waals surface area contributed by atoms with E-state index in [9.17, 15) is 9.59 Å². The first-order valence-electron chi connectivity index (χ1n) is 7.96. The standard InChI is InChI=1S/C18H24N2O3/c1-5-6-19-18(22)13(4)20-17(21)9-14-10-23-16-8-12(3)11(2)7-15(14)16/h7-8,10,13H,5-6,9H2,1-4H3,(H,19,22)(H,20,21). The maximum atomic E-state index is 12.2. The van der Waals surface area contributed by atoms with Crippen LogP contribution in [0.15, 0.2) is 22.8 Å². The number of fused-ring (bicyclic) bond motifs is 1. The number of hydrogen-bond acceptors (Lipinski definition) is 3. The average molecular weight is 316 g/mol. The maximum Gasteiger partial charge on any atom is 0.242 e. The Morgan fingerprint density at radius 1 is 1.22 bits per heavy atom. The molecule has 124 valence electrons. The highest BCUT2D eigenvalue weighted by Gasteiger charge is 2.17. The molecule has 0 aliphatic rings. The van der Waals surface area contributed by atoms with E-state index < -0.39 is 6.04 Å². The summed E-state index contributed by atoms with van der Waals surface area (Å²) in [6, 6.07) is 3.47. The molecule has 0 aliphatic heterocycles. The smallest absolute Gasteiger partial charge is 0.242 e. The van der Waals surface area contributed by atoms with Crippen molar-refractivity contribution in [2.45, 2.75) is 46.6 Å². The Hall–Kier alpha value is -2.30. The number of hydrogen-bond donors (Lipinski definition) is 2. The molecule has 0 bridgehead atoms. The van der Waals surface area contributed by atoms with Crippen molar-refractivity contribution in [2.75, 3.05) is 6.54 Å². The lowest BCUT2D eigenvalue weighted by Gasteiger charge is -2.13. The van der Waals surface area contributed by atoms with Crippen LogP contribution in [0.2, 0.25) is 0 Å². The van der Waals surface area contributed by atoms with Crippen molar-refractivity contribution in [1.29, 1.82) is 0 Å². The second kappa shape index (κ2) is 7.31. The maximum absolute atomic E-state index is 12.2. The molecule has 5 heteroatoms. The summed E-state index contributed by atoms with van der Waals surface area (Å²) >= 11 is 0. The van der Waals surface area contributed by atoms with Crippen molar-refractivity contribution in [3.05, 3.63) is 35.1 Å². The second-order valence-corrected chi connectivity index (χ2v) is 5.95. The van der Waals surface area contributed by atoms with Gasteiger partial charge in [0.05, 0.1) is 12.7 Å². The third-order valence-corrected chi connectivity index (χ3v) is 3.94. The van der Waals surface area contributed by atoms with E-state index in [1.54, 1.807) is 13.2 Å². The lowest BCUT2D eigenvalue weighted by molar-refractivity contribution is -0.128. The highest BCUT2D eigenvalue weighted by atomic mass is 16.3. The monoisotopic (exact) mass is 316 g/mol. The van der Waals surface area contributed by atoms with E-state index >= 15 is 0 Å². The van der Waals surface area contributed by atoms with Gasteiger partial charge >= 0.3 is 0 Å². The molecule has 2 amide bonds. The minimum atomic E-state index is -0.545. The van der Waals surface area contributed by atoms with Crippen molar-refractivity contribution >= 4 is 22.8 Å². The Balaban J connectivity index is 2.03. The molecule has 1 heterocycles. The van der Waals surface area contributed by atoms with Crippen molar-refractivity contribution in [2.24, 2.45) is 0 Å². The van der Waals surface area contributed by atoms with Crippen LogP contribution in [0.1, 0.15) is 37.0 Å². The van der Waals surface area contributed by atoms with Crippen molar-refractivity contribution in [1.82, 2.24) is 10.6 Å². The Kier molecular flexibility index (Phi) is 5.42. The average Bonchev–Trinajstić information content (AvgIpc) is 2.87. The van der Waals surface area contributed by atoms with Gasteiger partial charge in [-0.3, -0.25) is 9.59 Å². The number of furan rings is 1. The summed E-state index contributed by atoms with van der Waals surface area (Å²) in [7, 11) is 0. The van der Waals surface area contributed by atoms with Gasteiger partial charge in [0.2, 0.25) is 11.8 Å². The lowest BCUT2D eigenvalue weighted by Crippen LogP contribution is -2.45. The van der Waals surface area contributed by atoms with Crippen LogP contribution in [-0.2, 0) is 16.0 Å². The van der Waals surface area contributed by atoms with E-state index in [0.717, 1.165) is 34.1 Å². The summed E-state index contributed by atoms with van der Waals surface area (Å²) in [4.78, 5) is 24.0. The predicted molar refractivity (Wildman–Crippen MR) is 90.3 cm³/mol. The highest BCUT2D eigenvalue weighted by molar-refractivity contribution is 5.91. The second-order valence-electron chi connectivity index (χ2n) is 5.95. The molecule has 0 aliphatic carbocycles. The van der Waals surface area contributed by atoms with Crippen LogP contribution in [0.25, 0.3) is 11.0 Å². The summed E-state index contributed by atoms with van der Waals surface area (Å²) < 4.78 is 5.53. The van der Waals surface area contributed by atoms with Crippen LogP contribution in [0.3, 0.4) is 0 Å². The molecule has 0 saturated carbocycles. The van der Waals surface area contributed by atoms with Gasteiger partial charge < -0.3 is 15.1 Å². The fourth-order valence-electron chi connectivity index (χ4n) is 2.41. The number of benzene rings is 1. The summed E-state index contributed by atoms with van der Waals surface area (Å²) in [5, 5.41) is 6.44. The van der Waals surface area contributed by atoms with Gasteiger partial charge in [0.1, 0.15) is 11.6 Å². The first-order chi connectivity index (χ1) is 10.9. The van der Waals surface area contributed by atoms with Crippen molar-refractivity contribution in [3.8, 4) is 0 Å². The number of rotatable bonds is 6. The van der Waals surface area contributed by atoms with Gasteiger partial charge in [-0.2, -0.15) is 0 Å².